The van der Waals surface area contributed by atoms with Crippen molar-refractivity contribution in [1.82, 2.24) is 10.6 Å². The normalized spacial score (nSPS) is 22.1. The van der Waals surface area contributed by atoms with Gasteiger partial charge in [0.2, 0.25) is 0 Å². The molecule has 0 radical (unpaired) electrons. The van der Waals surface area contributed by atoms with Crippen LogP contribution in [0.3, 0.4) is 0 Å². The minimum absolute atomic E-state index is 0. The average molecular weight is 522 g/mol. The summed E-state index contributed by atoms with van der Waals surface area (Å²) in [5.41, 5.74) is 1.11. The van der Waals surface area contributed by atoms with Crippen LogP contribution in [0.5, 0.6) is 0 Å². The molecule has 1 saturated carbocycles. The molecule has 1 fully saturated rings. The van der Waals surface area contributed by atoms with Gasteiger partial charge < -0.3 is 20.5 Å². The molecular formula is C21H36IN3O2S. The molecule has 1 aromatic rings. The zero-order chi connectivity index (χ0) is 19.5. The fourth-order valence-electron chi connectivity index (χ4n) is 3.33. The number of guanidine groups is 1. The number of hydrogen-bond acceptors (Lipinski definition) is 4. The highest BCUT2D eigenvalue weighted by Gasteiger charge is 2.22. The van der Waals surface area contributed by atoms with E-state index in [9.17, 15) is 5.11 Å². The van der Waals surface area contributed by atoms with E-state index in [1.807, 2.05) is 49.0 Å². The van der Waals surface area contributed by atoms with E-state index in [-0.39, 0.29) is 36.7 Å². The Balaban J connectivity index is 0.00000392. The third-order valence-electron chi connectivity index (χ3n) is 4.91. The Morgan fingerprint density at radius 3 is 2.75 bits per heavy atom. The number of aliphatic hydroxyl groups is 1. The zero-order valence-electron chi connectivity index (χ0n) is 17.3. The van der Waals surface area contributed by atoms with Gasteiger partial charge >= 0.3 is 0 Å². The minimum atomic E-state index is -0.614. The molecule has 4 unspecified atom stereocenters. The number of aliphatic imine (C=N–C) groups is 1. The largest absolute Gasteiger partial charge is 0.389 e. The second-order valence-corrected chi connectivity index (χ2v) is 8.26. The molecule has 160 valence electrons. The second-order valence-electron chi connectivity index (χ2n) is 7.13. The van der Waals surface area contributed by atoms with Gasteiger partial charge in [-0.25, -0.2) is 0 Å². The van der Waals surface area contributed by atoms with Gasteiger partial charge in [0.15, 0.2) is 5.96 Å². The molecule has 5 nitrogen and oxygen atoms in total. The van der Waals surface area contributed by atoms with Crippen LogP contribution in [-0.4, -0.2) is 54.4 Å². The molecule has 0 saturated heterocycles. The lowest BCUT2D eigenvalue weighted by Gasteiger charge is -2.30. The van der Waals surface area contributed by atoms with Crippen LogP contribution in [-0.2, 0) is 4.74 Å². The Bertz CT molecular complexity index is 562. The number of nitrogens with zero attached hydrogens (tertiary/aromatic N) is 1. The predicted molar refractivity (Wildman–Crippen MR) is 131 cm³/mol. The molecule has 28 heavy (non-hydrogen) atoms. The highest BCUT2D eigenvalue weighted by molar-refractivity contribution is 14.0. The maximum atomic E-state index is 10.3. The number of nitrogens with one attached hydrogen (secondary N) is 2. The summed E-state index contributed by atoms with van der Waals surface area (Å²) in [7, 11) is 0. The van der Waals surface area contributed by atoms with E-state index in [1.165, 1.54) is 25.7 Å². The lowest BCUT2D eigenvalue weighted by atomic mass is 9.95. The van der Waals surface area contributed by atoms with Gasteiger partial charge in [0, 0.05) is 17.8 Å². The lowest BCUT2D eigenvalue weighted by molar-refractivity contribution is 0.00111. The van der Waals surface area contributed by atoms with Gasteiger partial charge in [-0.05, 0) is 44.9 Å². The number of halogens is 1. The maximum Gasteiger partial charge on any atom is 0.191 e. The number of benzene rings is 1. The molecule has 0 bridgehead atoms. The first-order valence-corrected chi connectivity index (χ1v) is 11.3. The van der Waals surface area contributed by atoms with Gasteiger partial charge in [-0.3, -0.25) is 4.99 Å². The van der Waals surface area contributed by atoms with Crippen LogP contribution >= 0.6 is 35.7 Å². The molecule has 0 aromatic heterocycles. The summed E-state index contributed by atoms with van der Waals surface area (Å²) in [5, 5.41) is 17.8. The Morgan fingerprint density at radius 2 is 2.07 bits per heavy atom. The van der Waals surface area contributed by atoms with Gasteiger partial charge in [-0.2, -0.15) is 11.8 Å². The summed E-state index contributed by atoms with van der Waals surface area (Å²) in [4.78, 5) is 4.57. The van der Waals surface area contributed by atoms with Crippen molar-refractivity contribution in [3.8, 4) is 0 Å². The van der Waals surface area contributed by atoms with Crippen LogP contribution < -0.4 is 10.6 Å². The first kappa shape index (κ1) is 25.5. The topological polar surface area (TPSA) is 65.9 Å². The summed E-state index contributed by atoms with van der Waals surface area (Å²) in [5.74, 6) is 0.791. The van der Waals surface area contributed by atoms with Crippen LogP contribution in [0.25, 0.3) is 0 Å². The number of thioether (sulfide) groups is 1. The van der Waals surface area contributed by atoms with Crippen molar-refractivity contribution in [3.63, 3.8) is 0 Å². The SMILES string of the molecule is CCNC(=NCC(O)COC(C)c1ccccc1)NC1CCCC(SC)C1.I. The van der Waals surface area contributed by atoms with Crippen molar-refractivity contribution in [2.24, 2.45) is 4.99 Å². The molecule has 7 heteroatoms. The number of hydrogen-bond donors (Lipinski definition) is 3. The maximum absolute atomic E-state index is 10.3. The molecule has 1 aliphatic rings. The molecule has 0 spiro atoms. The summed E-state index contributed by atoms with van der Waals surface area (Å²) in [6, 6.07) is 10.5. The fourth-order valence-corrected chi connectivity index (χ4v) is 4.16. The van der Waals surface area contributed by atoms with Crippen molar-refractivity contribution in [3.05, 3.63) is 35.9 Å². The molecule has 1 aromatic carbocycles. The molecular weight excluding hydrogens is 485 g/mol. The second kappa shape index (κ2) is 14.5. The Hall–Kier alpha value is -0.510. The first-order valence-electron chi connectivity index (χ1n) is 10.0. The molecule has 0 aliphatic heterocycles. The molecule has 2 rings (SSSR count). The fraction of sp³-hybridized carbons (Fsp3) is 0.667. The number of aliphatic hydroxyl groups excluding tert-OH is 1. The summed E-state index contributed by atoms with van der Waals surface area (Å²) in [6.07, 6.45) is 6.46. The van der Waals surface area contributed by atoms with Crippen molar-refractivity contribution >= 4 is 41.7 Å². The van der Waals surface area contributed by atoms with Crippen LogP contribution in [0.1, 0.15) is 51.2 Å². The quantitative estimate of drug-likeness (QED) is 0.261. The van der Waals surface area contributed by atoms with Gasteiger partial charge in [0.05, 0.1) is 25.4 Å². The van der Waals surface area contributed by atoms with E-state index in [4.69, 9.17) is 4.74 Å². The van der Waals surface area contributed by atoms with Crippen LogP contribution in [0.2, 0.25) is 0 Å². The Morgan fingerprint density at radius 1 is 1.32 bits per heavy atom. The van der Waals surface area contributed by atoms with Gasteiger partial charge in [-0.15, -0.1) is 24.0 Å². The molecule has 4 atom stereocenters. The van der Waals surface area contributed by atoms with E-state index in [1.54, 1.807) is 0 Å². The van der Waals surface area contributed by atoms with E-state index in [2.05, 4.69) is 28.8 Å². The van der Waals surface area contributed by atoms with E-state index in [0.29, 0.717) is 12.6 Å². The number of ether oxygens (including phenoxy) is 1. The molecule has 0 amide bonds. The average Bonchev–Trinajstić information content (AvgIpc) is 2.71. The van der Waals surface area contributed by atoms with E-state index >= 15 is 0 Å². The first-order chi connectivity index (χ1) is 13.1. The standard InChI is InChI=1S/C21H35N3O2S.HI/c1-4-22-21(24-18-11-8-12-20(13-18)27-3)23-14-19(25)15-26-16(2)17-9-6-5-7-10-17;/h5-7,9-10,16,18-20,25H,4,8,11-15H2,1-3H3,(H2,22,23,24);1H. The highest BCUT2D eigenvalue weighted by atomic mass is 127. The molecule has 3 N–H and O–H groups in total. The van der Waals surface area contributed by atoms with Gasteiger partial charge in [-0.1, -0.05) is 36.8 Å². The van der Waals surface area contributed by atoms with E-state index < -0.39 is 6.10 Å². The Kier molecular flexibility index (Phi) is 13.2. The smallest absolute Gasteiger partial charge is 0.191 e. The monoisotopic (exact) mass is 521 g/mol. The number of rotatable bonds is 9. The zero-order valence-corrected chi connectivity index (χ0v) is 20.4. The van der Waals surface area contributed by atoms with Crippen LogP contribution in [0, 0.1) is 0 Å². The van der Waals surface area contributed by atoms with Crippen LogP contribution in [0.4, 0.5) is 0 Å². The summed E-state index contributed by atoms with van der Waals surface area (Å²) < 4.78 is 5.80. The third kappa shape index (κ3) is 9.33. The molecule has 0 heterocycles. The van der Waals surface area contributed by atoms with Gasteiger partial charge in [0.1, 0.15) is 0 Å². The Labute approximate surface area is 191 Å². The third-order valence-corrected chi connectivity index (χ3v) is 6.01. The summed E-state index contributed by atoms with van der Waals surface area (Å²) >= 11 is 1.96. The van der Waals surface area contributed by atoms with Crippen molar-refractivity contribution < 1.29 is 9.84 Å². The van der Waals surface area contributed by atoms with Crippen molar-refractivity contribution in [2.45, 2.75) is 63.0 Å². The highest BCUT2D eigenvalue weighted by Crippen LogP contribution is 2.26. The van der Waals surface area contributed by atoms with Crippen molar-refractivity contribution in [1.29, 1.82) is 0 Å². The summed E-state index contributed by atoms with van der Waals surface area (Å²) in [6.45, 7) is 5.47. The van der Waals surface area contributed by atoms with Crippen LogP contribution in [0.15, 0.2) is 35.3 Å². The van der Waals surface area contributed by atoms with Gasteiger partial charge in [0.25, 0.3) is 0 Å². The lowest BCUT2D eigenvalue weighted by Crippen LogP contribution is -2.46. The van der Waals surface area contributed by atoms with Crippen molar-refractivity contribution in [2.75, 3.05) is 26.0 Å². The minimum Gasteiger partial charge on any atom is -0.389 e. The predicted octanol–water partition coefficient (Wildman–Crippen LogP) is 3.97. The van der Waals surface area contributed by atoms with E-state index in [0.717, 1.165) is 23.3 Å². The molecule has 1 aliphatic carbocycles.